The lowest BCUT2D eigenvalue weighted by molar-refractivity contribution is 0.742. The van der Waals surface area contributed by atoms with Gasteiger partial charge >= 0.3 is 0 Å². The van der Waals surface area contributed by atoms with Crippen molar-refractivity contribution in [1.82, 2.24) is 15.4 Å². The number of rotatable bonds is 2. The Morgan fingerprint density at radius 2 is 2.09 bits per heavy atom. The van der Waals surface area contributed by atoms with Gasteiger partial charge in [0.1, 0.15) is 5.01 Å². The maximum atomic E-state index is 4.58. The number of hydrogen-bond acceptors (Lipinski definition) is 5. The van der Waals surface area contributed by atoms with Crippen LogP contribution in [-0.4, -0.2) is 16.5 Å². The molecule has 1 aliphatic rings. The van der Waals surface area contributed by atoms with Gasteiger partial charge in [0.25, 0.3) is 0 Å². The smallest absolute Gasteiger partial charge is 0.125 e. The van der Waals surface area contributed by atoms with Gasteiger partial charge in [-0.1, -0.05) is 12.1 Å². The van der Waals surface area contributed by atoms with E-state index in [2.05, 4.69) is 39.0 Å². The molecule has 0 spiro atoms. The Labute approximate surface area is 133 Å². The molecule has 1 aromatic carbocycles. The molecule has 2 aromatic heterocycles. The summed E-state index contributed by atoms with van der Waals surface area (Å²) >= 11 is 1.72. The van der Waals surface area contributed by atoms with Crippen molar-refractivity contribution in [2.45, 2.75) is 12.8 Å². The van der Waals surface area contributed by atoms with Gasteiger partial charge in [-0.2, -0.15) is 0 Å². The SMILES string of the molecule is c1cncc(-c2ncc(-c3cccc4c3CCCNN4)s2)c1. The molecule has 0 aliphatic carbocycles. The average Bonchev–Trinajstić information content (AvgIpc) is 2.93. The summed E-state index contributed by atoms with van der Waals surface area (Å²) in [6.07, 6.45) is 7.82. The number of benzene rings is 1. The fourth-order valence-corrected chi connectivity index (χ4v) is 3.70. The minimum Gasteiger partial charge on any atom is -0.321 e. The van der Waals surface area contributed by atoms with Crippen molar-refractivity contribution in [1.29, 1.82) is 0 Å². The van der Waals surface area contributed by atoms with Gasteiger partial charge in [0.2, 0.25) is 0 Å². The monoisotopic (exact) mass is 308 g/mol. The van der Waals surface area contributed by atoms with Crippen molar-refractivity contribution in [3.05, 3.63) is 54.5 Å². The lowest BCUT2D eigenvalue weighted by Crippen LogP contribution is -2.20. The van der Waals surface area contributed by atoms with E-state index in [1.807, 2.05) is 24.5 Å². The van der Waals surface area contributed by atoms with E-state index in [1.165, 1.54) is 21.7 Å². The fraction of sp³-hybridized carbons (Fsp3) is 0.176. The third kappa shape index (κ3) is 2.49. The summed E-state index contributed by atoms with van der Waals surface area (Å²) in [5.74, 6) is 0. The predicted molar refractivity (Wildman–Crippen MR) is 90.7 cm³/mol. The van der Waals surface area contributed by atoms with Crippen molar-refractivity contribution >= 4 is 17.0 Å². The molecule has 0 atom stereocenters. The van der Waals surface area contributed by atoms with Gasteiger partial charge in [0, 0.05) is 30.7 Å². The first-order chi connectivity index (χ1) is 10.9. The van der Waals surface area contributed by atoms with E-state index in [0.717, 1.165) is 30.0 Å². The van der Waals surface area contributed by atoms with Gasteiger partial charge in [0.15, 0.2) is 0 Å². The first-order valence-electron chi connectivity index (χ1n) is 7.39. The highest BCUT2D eigenvalue weighted by atomic mass is 32.1. The van der Waals surface area contributed by atoms with Crippen LogP contribution in [0, 0.1) is 0 Å². The summed E-state index contributed by atoms with van der Waals surface area (Å²) < 4.78 is 0. The molecule has 1 aliphatic heterocycles. The highest BCUT2D eigenvalue weighted by molar-refractivity contribution is 7.18. The molecule has 3 aromatic rings. The second-order valence-corrected chi connectivity index (χ2v) is 6.29. The van der Waals surface area contributed by atoms with Crippen LogP contribution in [0.5, 0.6) is 0 Å². The van der Waals surface area contributed by atoms with Crippen molar-refractivity contribution in [2.75, 3.05) is 12.0 Å². The summed E-state index contributed by atoms with van der Waals surface area (Å²) in [4.78, 5) is 9.96. The van der Waals surface area contributed by atoms with E-state index in [-0.39, 0.29) is 0 Å². The first-order valence-corrected chi connectivity index (χ1v) is 8.21. The molecule has 22 heavy (non-hydrogen) atoms. The van der Waals surface area contributed by atoms with Crippen LogP contribution in [0.3, 0.4) is 0 Å². The molecule has 2 N–H and O–H groups in total. The Morgan fingerprint density at radius 3 is 3.00 bits per heavy atom. The molecular formula is C17H16N4S. The molecule has 0 saturated heterocycles. The molecule has 5 heteroatoms. The number of aromatic nitrogens is 2. The number of pyridine rings is 1. The maximum Gasteiger partial charge on any atom is 0.125 e. The number of nitrogens with one attached hydrogen (secondary N) is 2. The molecule has 0 bridgehead atoms. The molecule has 0 amide bonds. The number of anilines is 1. The Bertz CT molecular complexity index is 782. The quantitative estimate of drug-likeness (QED) is 0.757. The summed E-state index contributed by atoms with van der Waals surface area (Å²) in [5, 5.41) is 1.01. The van der Waals surface area contributed by atoms with E-state index < -0.39 is 0 Å². The van der Waals surface area contributed by atoms with Crippen LogP contribution >= 0.6 is 11.3 Å². The molecule has 0 radical (unpaired) electrons. The minimum absolute atomic E-state index is 0.984. The normalized spacial score (nSPS) is 14.0. The minimum atomic E-state index is 0.984. The number of thiazole rings is 1. The third-order valence-electron chi connectivity index (χ3n) is 3.81. The molecule has 0 unspecified atom stereocenters. The topological polar surface area (TPSA) is 49.8 Å². The standard InChI is InChI=1S/C17H16N4S/c1-5-14(13-6-3-9-20-21-15(13)7-1)16-11-19-17(22-16)12-4-2-8-18-10-12/h1-2,4-5,7-8,10-11,20-21H,3,6,9H2. The van der Waals surface area contributed by atoms with E-state index in [0.29, 0.717) is 0 Å². The first kappa shape index (κ1) is 13.4. The Hall–Kier alpha value is -2.24. The van der Waals surface area contributed by atoms with Crippen LogP contribution < -0.4 is 10.9 Å². The number of fused-ring (bicyclic) bond motifs is 1. The highest BCUT2D eigenvalue weighted by Crippen LogP contribution is 2.36. The van der Waals surface area contributed by atoms with Crippen LogP contribution in [0.4, 0.5) is 5.69 Å². The molecule has 0 saturated carbocycles. The Kier molecular flexibility index (Phi) is 3.58. The van der Waals surface area contributed by atoms with Gasteiger partial charge in [-0.3, -0.25) is 4.98 Å². The third-order valence-corrected chi connectivity index (χ3v) is 4.89. The van der Waals surface area contributed by atoms with Crippen LogP contribution in [-0.2, 0) is 6.42 Å². The molecule has 3 heterocycles. The summed E-state index contributed by atoms with van der Waals surface area (Å²) in [7, 11) is 0. The highest BCUT2D eigenvalue weighted by Gasteiger charge is 2.15. The lowest BCUT2D eigenvalue weighted by Gasteiger charge is -2.11. The van der Waals surface area contributed by atoms with Gasteiger partial charge in [0.05, 0.1) is 10.6 Å². The van der Waals surface area contributed by atoms with Gasteiger partial charge < -0.3 is 5.43 Å². The Balaban J connectivity index is 1.76. The molecule has 4 nitrogen and oxygen atoms in total. The van der Waals surface area contributed by atoms with Crippen LogP contribution in [0.2, 0.25) is 0 Å². The van der Waals surface area contributed by atoms with Crippen LogP contribution in [0.1, 0.15) is 12.0 Å². The number of hydrogen-bond donors (Lipinski definition) is 2. The molecule has 110 valence electrons. The Morgan fingerprint density at radius 1 is 1.09 bits per heavy atom. The van der Waals surface area contributed by atoms with Crippen LogP contribution in [0.15, 0.2) is 48.9 Å². The van der Waals surface area contributed by atoms with Crippen molar-refractivity contribution in [2.24, 2.45) is 0 Å². The second kappa shape index (κ2) is 5.87. The average molecular weight is 308 g/mol. The molecule has 0 fully saturated rings. The summed E-state index contributed by atoms with van der Waals surface area (Å²) in [6.45, 7) is 0.984. The zero-order chi connectivity index (χ0) is 14.8. The van der Waals surface area contributed by atoms with Crippen molar-refractivity contribution in [3.63, 3.8) is 0 Å². The van der Waals surface area contributed by atoms with Crippen LogP contribution in [0.25, 0.3) is 21.0 Å². The van der Waals surface area contributed by atoms with Gasteiger partial charge in [-0.25, -0.2) is 10.4 Å². The largest absolute Gasteiger partial charge is 0.321 e. The van der Waals surface area contributed by atoms with Crippen molar-refractivity contribution in [3.8, 4) is 21.0 Å². The van der Waals surface area contributed by atoms with Crippen molar-refractivity contribution < 1.29 is 0 Å². The molecular weight excluding hydrogens is 292 g/mol. The summed E-state index contributed by atoms with van der Waals surface area (Å²) in [6, 6.07) is 10.4. The number of nitrogens with zero attached hydrogens (tertiary/aromatic N) is 2. The van der Waals surface area contributed by atoms with E-state index in [4.69, 9.17) is 0 Å². The predicted octanol–water partition coefficient (Wildman–Crippen LogP) is 3.73. The second-order valence-electron chi connectivity index (χ2n) is 5.26. The molecule has 4 rings (SSSR count). The van der Waals surface area contributed by atoms with E-state index in [1.54, 1.807) is 17.5 Å². The summed E-state index contributed by atoms with van der Waals surface area (Å²) in [5.41, 5.74) is 11.4. The van der Waals surface area contributed by atoms with E-state index in [9.17, 15) is 0 Å². The zero-order valence-electron chi connectivity index (χ0n) is 12.0. The zero-order valence-corrected chi connectivity index (χ0v) is 12.9. The number of hydrazine groups is 1. The van der Waals surface area contributed by atoms with Gasteiger partial charge in [-0.05, 0) is 42.2 Å². The van der Waals surface area contributed by atoms with E-state index >= 15 is 0 Å². The van der Waals surface area contributed by atoms with Gasteiger partial charge in [-0.15, -0.1) is 11.3 Å². The maximum absolute atomic E-state index is 4.58. The lowest BCUT2D eigenvalue weighted by atomic mass is 10.0. The fourth-order valence-electron chi connectivity index (χ4n) is 2.74.